The molecule has 1 aromatic heterocycles. The van der Waals surface area contributed by atoms with Crippen molar-refractivity contribution in [3.05, 3.63) is 29.6 Å². The molecule has 1 aliphatic rings. The van der Waals surface area contributed by atoms with E-state index in [4.69, 9.17) is 5.11 Å². The van der Waals surface area contributed by atoms with Gasteiger partial charge < -0.3 is 20.4 Å². The number of aliphatic hydroxyl groups is 1. The predicted molar refractivity (Wildman–Crippen MR) is 79.6 cm³/mol. The van der Waals surface area contributed by atoms with Crippen LogP contribution in [0.15, 0.2) is 29.6 Å². The maximum atomic E-state index is 12.2. The Morgan fingerprint density at radius 3 is 2.90 bits per heavy atom. The van der Waals surface area contributed by atoms with E-state index in [0.717, 1.165) is 15.0 Å². The summed E-state index contributed by atoms with van der Waals surface area (Å²) in [6, 6.07) is 5.99. The molecule has 1 aromatic carbocycles. The normalized spacial score (nSPS) is 21.7. The van der Waals surface area contributed by atoms with Gasteiger partial charge in [-0.25, -0.2) is 9.59 Å². The van der Waals surface area contributed by atoms with Gasteiger partial charge in [-0.05, 0) is 35.0 Å². The van der Waals surface area contributed by atoms with Crippen molar-refractivity contribution in [3.63, 3.8) is 0 Å². The number of rotatable bonds is 2. The number of carbonyl (C=O) groups is 2. The number of anilines is 1. The second-order valence-electron chi connectivity index (χ2n) is 5.00. The van der Waals surface area contributed by atoms with Crippen LogP contribution in [0.1, 0.15) is 6.42 Å². The van der Waals surface area contributed by atoms with Crippen LogP contribution >= 0.6 is 11.3 Å². The van der Waals surface area contributed by atoms with Crippen LogP contribution in [0.4, 0.5) is 10.5 Å². The summed E-state index contributed by atoms with van der Waals surface area (Å²) < 4.78 is 1.12. The summed E-state index contributed by atoms with van der Waals surface area (Å²) in [6.07, 6.45) is -0.733. The second-order valence-corrected chi connectivity index (χ2v) is 5.95. The Hall–Kier alpha value is -2.12. The van der Waals surface area contributed by atoms with E-state index in [2.05, 4.69) is 5.32 Å². The summed E-state index contributed by atoms with van der Waals surface area (Å²) in [7, 11) is 0. The van der Waals surface area contributed by atoms with Crippen LogP contribution in [-0.2, 0) is 4.79 Å². The summed E-state index contributed by atoms with van der Waals surface area (Å²) in [5.41, 5.74) is 0.608. The fourth-order valence-corrected chi connectivity index (χ4v) is 3.28. The van der Waals surface area contributed by atoms with Gasteiger partial charge in [0.05, 0.1) is 6.10 Å². The Bertz CT molecular complexity index is 699. The highest BCUT2D eigenvalue weighted by Crippen LogP contribution is 2.25. The average molecular weight is 306 g/mol. The molecule has 3 rings (SSSR count). The van der Waals surface area contributed by atoms with Gasteiger partial charge in [0.1, 0.15) is 6.04 Å². The molecule has 0 aliphatic carbocycles. The summed E-state index contributed by atoms with van der Waals surface area (Å²) >= 11 is 1.61. The first-order valence-electron chi connectivity index (χ1n) is 6.50. The number of carboxylic acid groups (broad SMARTS) is 1. The predicted octanol–water partition coefficient (Wildman–Crippen LogP) is 1.95. The monoisotopic (exact) mass is 306 g/mol. The van der Waals surface area contributed by atoms with E-state index in [0.29, 0.717) is 5.69 Å². The first-order valence-corrected chi connectivity index (χ1v) is 7.38. The van der Waals surface area contributed by atoms with Gasteiger partial charge in [0.2, 0.25) is 0 Å². The number of aliphatic hydroxyl groups excluding tert-OH is 1. The van der Waals surface area contributed by atoms with Gasteiger partial charge >= 0.3 is 12.0 Å². The number of benzene rings is 1. The molecule has 0 radical (unpaired) electrons. The molecule has 0 unspecified atom stereocenters. The zero-order chi connectivity index (χ0) is 15.0. The molecule has 1 fully saturated rings. The minimum atomic E-state index is -1.10. The van der Waals surface area contributed by atoms with Gasteiger partial charge in [0.25, 0.3) is 0 Å². The van der Waals surface area contributed by atoms with Crippen LogP contribution < -0.4 is 5.32 Å². The van der Waals surface area contributed by atoms with Crippen molar-refractivity contribution < 1.29 is 19.8 Å². The molecule has 1 saturated heterocycles. The van der Waals surface area contributed by atoms with Crippen molar-refractivity contribution in [1.82, 2.24) is 4.90 Å². The van der Waals surface area contributed by atoms with E-state index >= 15 is 0 Å². The molecule has 6 nitrogen and oxygen atoms in total. The standard InChI is InChI=1S/C14H14N2O4S/c17-10-6-11(13(18)19)16(7-10)14(20)15-9-1-2-12-8(5-9)3-4-21-12/h1-5,10-11,17H,6-7H2,(H,15,20)(H,18,19)/t10-,11-/m1/s1. The zero-order valence-electron chi connectivity index (χ0n) is 11.0. The van der Waals surface area contributed by atoms with Gasteiger partial charge in [-0.1, -0.05) is 0 Å². The number of aliphatic carboxylic acids is 1. The Labute approximate surface area is 124 Å². The molecule has 2 heterocycles. The largest absolute Gasteiger partial charge is 0.480 e. The maximum absolute atomic E-state index is 12.2. The molecule has 2 aromatic rings. The SMILES string of the molecule is O=C(O)[C@H]1C[C@@H](O)CN1C(=O)Nc1ccc2sccc2c1. The van der Waals surface area contributed by atoms with Gasteiger partial charge in [0.15, 0.2) is 0 Å². The lowest BCUT2D eigenvalue weighted by Gasteiger charge is -2.21. The molecule has 110 valence electrons. The van der Waals surface area contributed by atoms with Crippen molar-refractivity contribution in [2.24, 2.45) is 0 Å². The van der Waals surface area contributed by atoms with Crippen molar-refractivity contribution in [3.8, 4) is 0 Å². The molecule has 0 saturated carbocycles. The van der Waals surface area contributed by atoms with Crippen LogP contribution in [0.3, 0.4) is 0 Å². The summed E-state index contributed by atoms with van der Waals surface area (Å²) in [6.45, 7) is 0.0312. The number of β-amino-alcohol motifs (C(OH)–C–C–N with tert-alkyl or cyclic N) is 1. The van der Waals surface area contributed by atoms with Gasteiger partial charge in [-0.3, -0.25) is 0 Å². The number of carboxylic acids is 1. The number of urea groups is 1. The summed E-state index contributed by atoms with van der Waals surface area (Å²) in [4.78, 5) is 24.5. The van der Waals surface area contributed by atoms with Crippen LogP contribution in [0.25, 0.3) is 10.1 Å². The second kappa shape index (κ2) is 5.34. The minimum Gasteiger partial charge on any atom is -0.480 e. The molecule has 7 heteroatoms. The van der Waals surface area contributed by atoms with E-state index < -0.39 is 24.1 Å². The minimum absolute atomic E-state index is 0.0312. The number of thiophene rings is 1. The fraction of sp³-hybridized carbons (Fsp3) is 0.286. The summed E-state index contributed by atoms with van der Waals surface area (Å²) in [5, 5.41) is 24.3. The topological polar surface area (TPSA) is 89.9 Å². The third-order valence-corrected chi connectivity index (χ3v) is 4.43. The number of hydrogen-bond donors (Lipinski definition) is 3. The van der Waals surface area contributed by atoms with E-state index in [1.807, 2.05) is 23.6 Å². The van der Waals surface area contributed by atoms with Crippen molar-refractivity contribution in [2.75, 3.05) is 11.9 Å². The molecular formula is C14H14N2O4S. The lowest BCUT2D eigenvalue weighted by atomic mass is 10.2. The number of nitrogens with one attached hydrogen (secondary N) is 1. The Kier molecular flexibility index (Phi) is 3.52. The number of fused-ring (bicyclic) bond motifs is 1. The van der Waals surface area contributed by atoms with Gasteiger partial charge in [0, 0.05) is 23.4 Å². The Morgan fingerprint density at radius 1 is 1.33 bits per heavy atom. The fourth-order valence-electron chi connectivity index (χ4n) is 2.51. The van der Waals surface area contributed by atoms with E-state index in [1.165, 1.54) is 0 Å². The van der Waals surface area contributed by atoms with Gasteiger partial charge in [-0.2, -0.15) is 0 Å². The van der Waals surface area contributed by atoms with Crippen LogP contribution in [0, 0.1) is 0 Å². The van der Waals surface area contributed by atoms with Crippen LogP contribution in [-0.4, -0.2) is 45.8 Å². The van der Waals surface area contributed by atoms with E-state index in [9.17, 15) is 14.7 Å². The van der Waals surface area contributed by atoms with E-state index in [1.54, 1.807) is 17.4 Å². The Balaban J connectivity index is 1.77. The Morgan fingerprint density at radius 2 is 2.14 bits per heavy atom. The first kappa shape index (κ1) is 13.8. The average Bonchev–Trinajstić information content (AvgIpc) is 3.04. The number of hydrogen-bond acceptors (Lipinski definition) is 4. The van der Waals surface area contributed by atoms with Crippen LogP contribution in [0.2, 0.25) is 0 Å². The zero-order valence-corrected chi connectivity index (χ0v) is 11.8. The lowest BCUT2D eigenvalue weighted by Crippen LogP contribution is -2.43. The molecule has 3 N–H and O–H groups in total. The number of carbonyl (C=O) groups excluding carboxylic acids is 1. The molecular weight excluding hydrogens is 292 g/mol. The third-order valence-electron chi connectivity index (χ3n) is 3.53. The van der Waals surface area contributed by atoms with Crippen LogP contribution in [0.5, 0.6) is 0 Å². The molecule has 1 aliphatic heterocycles. The van der Waals surface area contributed by atoms with Gasteiger partial charge in [-0.15, -0.1) is 11.3 Å². The van der Waals surface area contributed by atoms with E-state index in [-0.39, 0.29) is 13.0 Å². The van der Waals surface area contributed by atoms with Crippen molar-refractivity contribution in [1.29, 1.82) is 0 Å². The molecule has 0 spiro atoms. The highest BCUT2D eigenvalue weighted by Gasteiger charge is 2.38. The maximum Gasteiger partial charge on any atom is 0.326 e. The number of likely N-dealkylation sites (tertiary alicyclic amines) is 1. The highest BCUT2D eigenvalue weighted by atomic mass is 32.1. The third kappa shape index (κ3) is 2.70. The first-order chi connectivity index (χ1) is 10.0. The molecule has 21 heavy (non-hydrogen) atoms. The highest BCUT2D eigenvalue weighted by molar-refractivity contribution is 7.17. The molecule has 2 amide bonds. The smallest absolute Gasteiger partial charge is 0.326 e. The van der Waals surface area contributed by atoms with Crippen molar-refractivity contribution >= 4 is 39.1 Å². The van der Waals surface area contributed by atoms with Crippen molar-refractivity contribution in [2.45, 2.75) is 18.6 Å². The molecule has 2 atom stereocenters. The quantitative estimate of drug-likeness (QED) is 0.791. The summed E-state index contributed by atoms with van der Waals surface area (Å²) in [5.74, 6) is -1.10. The number of nitrogens with zero attached hydrogens (tertiary/aromatic N) is 1. The number of amides is 2. The lowest BCUT2D eigenvalue weighted by molar-refractivity contribution is -0.141. The molecule has 0 bridgehead atoms.